The number of sulfonamides is 1. The van der Waals surface area contributed by atoms with Gasteiger partial charge in [0.1, 0.15) is 19.3 Å². The van der Waals surface area contributed by atoms with Crippen molar-refractivity contribution < 1.29 is 27.4 Å². The molecule has 0 saturated carbocycles. The summed E-state index contributed by atoms with van der Waals surface area (Å²) < 4.78 is 43.8. The van der Waals surface area contributed by atoms with Crippen molar-refractivity contribution >= 4 is 15.9 Å². The van der Waals surface area contributed by atoms with Crippen LogP contribution in [0.2, 0.25) is 0 Å². The van der Waals surface area contributed by atoms with Crippen molar-refractivity contribution in [3.05, 3.63) is 18.2 Å². The molecule has 2 N–H and O–H groups in total. The minimum Gasteiger partial charge on any atom is -0.486 e. The van der Waals surface area contributed by atoms with Crippen molar-refractivity contribution in [1.29, 1.82) is 0 Å². The van der Waals surface area contributed by atoms with E-state index in [2.05, 4.69) is 10.0 Å². The maximum absolute atomic E-state index is 12.7. The van der Waals surface area contributed by atoms with Gasteiger partial charge in [0.2, 0.25) is 15.9 Å². The van der Waals surface area contributed by atoms with Gasteiger partial charge in [0, 0.05) is 19.2 Å². The summed E-state index contributed by atoms with van der Waals surface area (Å²) in [5.74, 6) is 0.238. The van der Waals surface area contributed by atoms with E-state index in [1.807, 2.05) is 0 Å². The standard InChI is InChI=1S/C17H26N2O6S/c1-11(2)16(17(20)18-12(3)10-23-4)19-26(21,22)13-5-6-14-15(9-13)25-8-7-24-14/h5-6,9,11-12,16,19H,7-8,10H2,1-4H3,(H,18,20). The second-order valence-corrected chi connectivity index (χ2v) is 8.23. The molecule has 146 valence electrons. The van der Waals surface area contributed by atoms with Crippen LogP contribution in [0.15, 0.2) is 23.1 Å². The smallest absolute Gasteiger partial charge is 0.241 e. The Balaban J connectivity index is 2.17. The van der Waals surface area contributed by atoms with E-state index in [-0.39, 0.29) is 16.9 Å². The van der Waals surface area contributed by atoms with Gasteiger partial charge in [0.05, 0.1) is 11.5 Å². The van der Waals surface area contributed by atoms with Gasteiger partial charge in [0.15, 0.2) is 11.5 Å². The Morgan fingerprint density at radius 1 is 1.19 bits per heavy atom. The molecule has 2 atom stereocenters. The normalized spacial score (nSPS) is 16.2. The molecule has 0 saturated heterocycles. The maximum atomic E-state index is 12.7. The molecule has 1 aliphatic rings. The van der Waals surface area contributed by atoms with Crippen LogP contribution < -0.4 is 19.5 Å². The van der Waals surface area contributed by atoms with Crippen molar-refractivity contribution in [2.24, 2.45) is 5.92 Å². The molecule has 9 heteroatoms. The molecule has 1 aliphatic heterocycles. The van der Waals surface area contributed by atoms with E-state index in [0.29, 0.717) is 31.3 Å². The third-order valence-electron chi connectivity index (χ3n) is 3.86. The number of benzene rings is 1. The van der Waals surface area contributed by atoms with E-state index in [0.717, 1.165) is 0 Å². The largest absolute Gasteiger partial charge is 0.486 e. The van der Waals surface area contributed by atoms with E-state index in [4.69, 9.17) is 14.2 Å². The zero-order chi connectivity index (χ0) is 19.3. The highest BCUT2D eigenvalue weighted by Crippen LogP contribution is 2.32. The number of carbonyl (C=O) groups is 1. The molecular weight excluding hydrogens is 360 g/mol. The lowest BCUT2D eigenvalue weighted by Gasteiger charge is -2.24. The van der Waals surface area contributed by atoms with Gasteiger partial charge in [0.25, 0.3) is 0 Å². The molecule has 0 aliphatic carbocycles. The second-order valence-electron chi connectivity index (χ2n) is 6.51. The van der Waals surface area contributed by atoms with Gasteiger partial charge in [-0.25, -0.2) is 8.42 Å². The molecule has 0 aromatic heterocycles. The molecule has 0 fully saturated rings. The third-order valence-corrected chi connectivity index (χ3v) is 5.30. The summed E-state index contributed by atoms with van der Waals surface area (Å²) in [4.78, 5) is 12.5. The van der Waals surface area contributed by atoms with Crippen LogP contribution in [0.4, 0.5) is 0 Å². The first-order valence-corrected chi connectivity index (χ1v) is 9.94. The van der Waals surface area contributed by atoms with Crippen LogP contribution in [0, 0.1) is 5.92 Å². The number of ether oxygens (including phenoxy) is 3. The molecule has 8 nitrogen and oxygen atoms in total. The summed E-state index contributed by atoms with van der Waals surface area (Å²) in [6.45, 7) is 6.46. The first kappa shape index (κ1) is 20.5. The second kappa shape index (κ2) is 8.70. The van der Waals surface area contributed by atoms with Crippen LogP contribution in [0.5, 0.6) is 11.5 Å². The minimum atomic E-state index is -3.91. The monoisotopic (exact) mass is 386 g/mol. The molecule has 1 amide bonds. The van der Waals surface area contributed by atoms with Gasteiger partial charge in [-0.15, -0.1) is 0 Å². The fourth-order valence-corrected chi connectivity index (χ4v) is 3.90. The number of rotatable bonds is 8. The number of carbonyl (C=O) groups excluding carboxylic acids is 1. The Morgan fingerprint density at radius 3 is 2.46 bits per heavy atom. The molecule has 26 heavy (non-hydrogen) atoms. The number of methoxy groups -OCH3 is 1. The Hall–Kier alpha value is -1.84. The summed E-state index contributed by atoms with van der Waals surface area (Å²) in [5.41, 5.74) is 0. The van der Waals surface area contributed by atoms with Gasteiger partial charge in [-0.1, -0.05) is 13.8 Å². The number of fused-ring (bicyclic) bond motifs is 1. The minimum absolute atomic E-state index is 0.0186. The van der Waals surface area contributed by atoms with Gasteiger partial charge >= 0.3 is 0 Å². The van der Waals surface area contributed by atoms with Gasteiger partial charge in [-0.3, -0.25) is 4.79 Å². The lowest BCUT2D eigenvalue weighted by Crippen LogP contribution is -2.52. The summed E-state index contributed by atoms with van der Waals surface area (Å²) in [5, 5.41) is 2.75. The van der Waals surface area contributed by atoms with E-state index in [1.165, 1.54) is 19.2 Å². The SMILES string of the molecule is COCC(C)NC(=O)C(NS(=O)(=O)c1ccc2c(c1)OCCO2)C(C)C. The van der Waals surface area contributed by atoms with Crippen LogP contribution in [-0.4, -0.2) is 53.3 Å². The summed E-state index contributed by atoms with van der Waals surface area (Å²) >= 11 is 0. The number of hydrogen-bond acceptors (Lipinski definition) is 6. The molecule has 1 aromatic carbocycles. The molecule has 1 aromatic rings. The highest BCUT2D eigenvalue weighted by molar-refractivity contribution is 7.89. The van der Waals surface area contributed by atoms with Gasteiger partial charge < -0.3 is 19.5 Å². The summed E-state index contributed by atoms with van der Waals surface area (Å²) in [7, 11) is -2.37. The van der Waals surface area contributed by atoms with Crippen molar-refractivity contribution in [2.45, 2.75) is 37.8 Å². The van der Waals surface area contributed by atoms with E-state index in [9.17, 15) is 13.2 Å². The van der Waals surface area contributed by atoms with Crippen LogP contribution >= 0.6 is 0 Å². The summed E-state index contributed by atoms with van der Waals surface area (Å²) in [6, 6.07) is 3.24. The van der Waals surface area contributed by atoms with Crippen LogP contribution in [-0.2, 0) is 19.6 Å². The lowest BCUT2D eigenvalue weighted by molar-refractivity contribution is -0.124. The van der Waals surface area contributed by atoms with Crippen LogP contribution in [0.3, 0.4) is 0 Å². The van der Waals surface area contributed by atoms with Crippen molar-refractivity contribution in [1.82, 2.24) is 10.0 Å². The van der Waals surface area contributed by atoms with Crippen molar-refractivity contribution in [3.8, 4) is 11.5 Å². The molecule has 1 heterocycles. The van der Waals surface area contributed by atoms with Gasteiger partial charge in [-0.05, 0) is 25.0 Å². The predicted molar refractivity (Wildman–Crippen MR) is 95.9 cm³/mol. The molecule has 2 rings (SSSR count). The highest BCUT2D eigenvalue weighted by atomic mass is 32.2. The third kappa shape index (κ3) is 5.09. The zero-order valence-corrected chi connectivity index (χ0v) is 16.3. The maximum Gasteiger partial charge on any atom is 0.241 e. The van der Waals surface area contributed by atoms with Crippen LogP contribution in [0.25, 0.3) is 0 Å². The topological polar surface area (TPSA) is 103 Å². The number of amides is 1. The fraction of sp³-hybridized carbons (Fsp3) is 0.588. The van der Waals surface area contributed by atoms with E-state index >= 15 is 0 Å². The molecule has 0 radical (unpaired) electrons. The van der Waals surface area contributed by atoms with E-state index in [1.54, 1.807) is 26.8 Å². The van der Waals surface area contributed by atoms with Gasteiger partial charge in [-0.2, -0.15) is 4.72 Å². The lowest BCUT2D eigenvalue weighted by atomic mass is 10.0. The first-order valence-electron chi connectivity index (χ1n) is 8.46. The van der Waals surface area contributed by atoms with Crippen LogP contribution in [0.1, 0.15) is 20.8 Å². The first-order chi connectivity index (χ1) is 12.2. The average Bonchev–Trinajstić information content (AvgIpc) is 2.59. The van der Waals surface area contributed by atoms with Crippen molar-refractivity contribution in [2.75, 3.05) is 26.9 Å². The number of hydrogen-bond donors (Lipinski definition) is 2. The average molecular weight is 386 g/mol. The highest BCUT2D eigenvalue weighted by Gasteiger charge is 2.30. The molecule has 0 spiro atoms. The predicted octanol–water partition coefficient (Wildman–Crippen LogP) is 0.912. The quantitative estimate of drug-likeness (QED) is 0.688. The molecule has 0 bridgehead atoms. The fourth-order valence-electron chi connectivity index (χ4n) is 2.54. The zero-order valence-electron chi connectivity index (χ0n) is 15.4. The summed E-state index contributed by atoms with van der Waals surface area (Å²) in [6.07, 6.45) is 0. The van der Waals surface area contributed by atoms with E-state index < -0.39 is 22.0 Å². The molecular formula is C17H26N2O6S. The Bertz CT molecular complexity index is 735. The van der Waals surface area contributed by atoms with Crippen molar-refractivity contribution in [3.63, 3.8) is 0 Å². The Morgan fingerprint density at radius 2 is 1.85 bits per heavy atom. The Kier molecular flexibility index (Phi) is 6.85. The number of nitrogens with one attached hydrogen (secondary N) is 2. The Labute approximate surface area is 154 Å². The molecule has 2 unspecified atom stereocenters.